The summed E-state index contributed by atoms with van der Waals surface area (Å²) in [6, 6.07) is 0. The summed E-state index contributed by atoms with van der Waals surface area (Å²) in [5.41, 5.74) is 0.835. The van der Waals surface area contributed by atoms with Crippen LogP contribution in [-0.2, 0) is 0 Å². The Kier molecular flexibility index (Phi) is 4.92. The van der Waals surface area contributed by atoms with Gasteiger partial charge in [0.05, 0.1) is 0 Å². The zero-order valence-corrected chi connectivity index (χ0v) is 11.0. The smallest absolute Gasteiger partial charge is 0.105 e. The molecule has 0 aliphatic carbocycles. The Morgan fingerprint density at radius 2 is 1.62 bits per heavy atom. The molecule has 0 aromatic carbocycles. The first kappa shape index (κ1) is 13.4. The molecule has 2 heteroatoms. The van der Waals surface area contributed by atoms with Crippen LogP contribution < -0.4 is 0 Å². The van der Waals surface area contributed by atoms with Gasteiger partial charge in [0.25, 0.3) is 0 Å². The minimum absolute atomic E-state index is 0.376. The monoisotopic (exact) mass is 200 g/mol. The van der Waals surface area contributed by atoms with Crippen LogP contribution >= 0.6 is 12.6 Å². The minimum Gasteiger partial charge on any atom is -0.179 e. The largest absolute Gasteiger partial charge is 0.179 e. The van der Waals surface area contributed by atoms with Crippen molar-refractivity contribution in [1.29, 1.82) is 0 Å². The highest BCUT2D eigenvalue weighted by Gasteiger charge is 2.28. The molecule has 0 rings (SSSR count). The first-order chi connectivity index (χ1) is 5.68. The van der Waals surface area contributed by atoms with Crippen molar-refractivity contribution in [3.8, 4) is 0 Å². The Balaban J connectivity index is 4.16. The number of hydrogen-bond donors (Lipinski definition) is 1. The second-order valence-electron chi connectivity index (χ2n) is 6.26. The molecule has 13 heavy (non-hydrogen) atoms. The van der Waals surface area contributed by atoms with Crippen LogP contribution in [0.5, 0.6) is 0 Å². The zero-order chi connectivity index (χ0) is 10.7. The molecule has 0 nitrogen and oxygen atoms in total. The van der Waals surface area contributed by atoms with Gasteiger partial charge in [-0.1, -0.05) is 46.9 Å². The number of hydrogen-bond acceptors (Lipinski definition) is 1. The molecular formula is C11H25BS. The molecule has 0 aromatic heterocycles. The molecule has 1 atom stereocenters. The van der Waals surface area contributed by atoms with E-state index in [0.29, 0.717) is 10.8 Å². The van der Waals surface area contributed by atoms with Crippen molar-refractivity contribution < 1.29 is 0 Å². The topological polar surface area (TPSA) is 0 Å². The average Bonchev–Trinajstić information content (AvgIpc) is 1.81. The lowest BCUT2D eigenvalue weighted by molar-refractivity contribution is 0.202. The van der Waals surface area contributed by atoms with Gasteiger partial charge in [-0.25, -0.2) is 0 Å². The van der Waals surface area contributed by atoms with E-state index in [9.17, 15) is 0 Å². The molecule has 0 aliphatic heterocycles. The van der Waals surface area contributed by atoms with E-state index in [4.69, 9.17) is 0 Å². The molecule has 0 saturated heterocycles. The molecule has 0 bridgehead atoms. The average molecular weight is 200 g/mol. The predicted octanol–water partition coefficient (Wildman–Crippen LogP) is 3.19. The van der Waals surface area contributed by atoms with E-state index in [1.165, 1.54) is 12.8 Å². The molecule has 1 unspecified atom stereocenters. The highest BCUT2D eigenvalue weighted by molar-refractivity contribution is 7.80. The fourth-order valence-electron chi connectivity index (χ4n) is 2.53. The van der Waals surface area contributed by atoms with E-state index in [2.05, 4.69) is 55.1 Å². The lowest BCUT2D eigenvalue weighted by Crippen LogP contribution is -2.25. The van der Waals surface area contributed by atoms with Crippen molar-refractivity contribution in [3.63, 3.8) is 0 Å². The van der Waals surface area contributed by atoms with Gasteiger partial charge in [0, 0.05) is 0 Å². The van der Waals surface area contributed by atoms with Crippen LogP contribution in [0.4, 0.5) is 0 Å². The van der Waals surface area contributed by atoms with Gasteiger partial charge in [0.1, 0.15) is 7.85 Å². The summed E-state index contributed by atoms with van der Waals surface area (Å²) in [5, 5.41) is 0. The van der Waals surface area contributed by atoms with Crippen LogP contribution in [0.25, 0.3) is 0 Å². The summed E-state index contributed by atoms with van der Waals surface area (Å²) < 4.78 is 0. The fraction of sp³-hybridized carbons (Fsp3) is 1.00. The standard InChI is InChI=1S/C11H25BS/c1-9(12)6-10(2,3)7-11(4,5)8-13/h9,13H,6-8,12H2,1-5H3. The van der Waals surface area contributed by atoms with Crippen molar-refractivity contribution in [3.05, 3.63) is 0 Å². The summed E-state index contributed by atoms with van der Waals surface area (Å²) in [4.78, 5) is 0. The van der Waals surface area contributed by atoms with Crippen LogP contribution in [0, 0.1) is 10.8 Å². The summed E-state index contributed by atoms with van der Waals surface area (Å²) in [5.74, 6) is 1.78. The Hall–Kier alpha value is 0.415. The van der Waals surface area contributed by atoms with Crippen LogP contribution in [0.15, 0.2) is 0 Å². The Bertz CT molecular complexity index is 150. The molecule has 0 N–H and O–H groups in total. The van der Waals surface area contributed by atoms with Crippen LogP contribution in [0.2, 0.25) is 5.82 Å². The van der Waals surface area contributed by atoms with Crippen LogP contribution in [0.3, 0.4) is 0 Å². The van der Waals surface area contributed by atoms with Gasteiger partial charge < -0.3 is 0 Å². The summed E-state index contributed by atoms with van der Waals surface area (Å²) >= 11 is 4.40. The Morgan fingerprint density at radius 1 is 1.15 bits per heavy atom. The molecule has 0 amide bonds. The van der Waals surface area contributed by atoms with E-state index in [0.717, 1.165) is 11.6 Å². The second kappa shape index (κ2) is 4.77. The minimum atomic E-state index is 0.376. The Morgan fingerprint density at radius 3 is 1.92 bits per heavy atom. The molecule has 0 saturated carbocycles. The third-order valence-electron chi connectivity index (χ3n) is 2.35. The molecule has 0 aromatic rings. The highest BCUT2D eigenvalue weighted by atomic mass is 32.1. The molecule has 0 radical (unpaired) electrons. The third-order valence-corrected chi connectivity index (χ3v) is 3.20. The van der Waals surface area contributed by atoms with Crippen molar-refractivity contribution >= 4 is 20.5 Å². The quantitative estimate of drug-likeness (QED) is 0.511. The van der Waals surface area contributed by atoms with Crippen molar-refractivity contribution in [1.82, 2.24) is 0 Å². The first-order valence-corrected chi connectivity index (χ1v) is 5.93. The molecule has 78 valence electrons. The summed E-state index contributed by atoms with van der Waals surface area (Å²) in [6.07, 6.45) is 2.58. The number of thiol groups is 1. The Labute approximate surface area is 90.7 Å². The summed E-state index contributed by atoms with van der Waals surface area (Å²) in [6.45, 7) is 11.7. The molecule has 0 aliphatic rings. The molecule has 0 heterocycles. The summed E-state index contributed by atoms with van der Waals surface area (Å²) in [7, 11) is 2.30. The van der Waals surface area contributed by atoms with Gasteiger partial charge in [0.15, 0.2) is 0 Å². The van der Waals surface area contributed by atoms with Crippen molar-refractivity contribution in [2.75, 3.05) is 5.75 Å². The maximum atomic E-state index is 4.40. The van der Waals surface area contributed by atoms with Gasteiger partial charge >= 0.3 is 0 Å². The normalized spacial score (nSPS) is 15.8. The first-order valence-electron chi connectivity index (χ1n) is 5.29. The third kappa shape index (κ3) is 6.48. The van der Waals surface area contributed by atoms with Gasteiger partial charge in [-0.2, -0.15) is 12.6 Å². The van der Waals surface area contributed by atoms with Crippen molar-refractivity contribution in [2.24, 2.45) is 10.8 Å². The van der Waals surface area contributed by atoms with Gasteiger partial charge in [-0.15, -0.1) is 0 Å². The van der Waals surface area contributed by atoms with E-state index < -0.39 is 0 Å². The highest BCUT2D eigenvalue weighted by Crippen LogP contribution is 2.39. The lowest BCUT2D eigenvalue weighted by Gasteiger charge is -2.35. The van der Waals surface area contributed by atoms with Crippen LogP contribution in [-0.4, -0.2) is 13.6 Å². The number of rotatable bonds is 5. The molecule has 0 fully saturated rings. The van der Waals surface area contributed by atoms with E-state index >= 15 is 0 Å². The zero-order valence-electron chi connectivity index (χ0n) is 10.1. The van der Waals surface area contributed by atoms with E-state index in [1.807, 2.05) is 0 Å². The van der Waals surface area contributed by atoms with Crippen LogP contribution in [0.1, 0.15) is 47.5 Å². The van der Waals surface area contributed by atoms with Crippen molar-refractivity contribution in [2.45, 2.75) is 53.3 Å². The molecule has 0 spiro atoms. The maximum Gasteiger partial charge on any atom is 0.105 e. The predicted molar refractivity (Wildman–Crippen MR) is 68.6 cm³/mol. The van der Waals surface area contributed by atoms with Gasteiger partial charge in [-0.05, 0) is 23.0 Å². The fourth-order valence-corrected chi connectivity index (χ4v) is 2.64. The van der Waals surface area contributed by atoms with Gasteiger partial charge in [-0.3, -0.25) is 0 Å². The van der Waals surface area contributed by atoms with Gasteiger partial charge in [0.2, 0.25) is 0 Å². The van der Waals surface area contributed by atoms with E-state index in [-0.39, 0.29) is 0 Å². The van der Waals surface area contributed by atoms with E-state index in [1.54, 1.807) is 0 Å². The second-order valence-corrected chi connectivity index (χ2v) is 6.58. The lowest BCUT2D eigenvalue weighted by atomic mass is 9.68. The maximum absolute atomic E-state index is 4.40. The SMILES string of the molecule is BC(C)CC(C)(C)CC(C)(C)CS. The molecular weight excluding hydrogens is 175 g/mol.